The fraction of sp³-hybridized carbons (Fsp3) is 0.556. The molecule has 0 amide bonds. The van der Waals surface area contributed by atoms with Crippen molar-refractivity contribution >= 4 is 23.4 Å². The molecule has 7 atom stereocenters. The second-order valence-electron chi connectivity index (χ2n) is 10.2. The molecular formula is C27H31ClF2O4S. The summed E-state index contributed by atoms with van der Waals surface area (Å²) in [5, 5.41) is 31.8. The number of rotatable bonds is 6. The maximum absolute atomic E-state index is 13.7. The number of hydrogen-bond donors (Lipinski definition) is 3. The van der Waals surface area contributed by atoms with Crippen molar-refractivity contribution in [1.82, 2.24) is 0 Å². The maximum atomic E-state index is 13.7. The van der Waals surface area contributed by atoms with Gasteiger partial charge in [0, 0.05) is 17.9 Å². The van der Waals surface area contributed by atoms with Crippen LogP contribution in [0.4, 0.5) is 8.78 Å². The number of ether oxygens (including phenoxy) is 1. The molecule has 190 valence electrons. The van der Waals surface area contributed by atoms with Crippen LogP contribution in [0.5, 0.6) is 0 Å². The van der Waals surface area contributed by atoms with Gasteiger partial charge in [-0.1, -0.05) is 54.9 Å². The Morgan fingerprint density at radius 1 is 1.00 bits per heavy atom. The summed E-state index contributed by atoms with van der Waals surface area (Å²) < 4.78 is 33.5. The van der Waals surface area contributed by atoms with Crippen molar-refractivity contribution in [1.29, 1.82) is 0 Å². The first-order chi connectivity index (χ1) is 16.6. The first kappa shape index (κ1) is 25.4. The van der Waals surface area contributed by atoms with E-state index in [0.717, 1.165) is 23.1 Å². The van der Waals surface area contributed by atoms with Crippen molar-refractivity contribution in [3.05, 3.63) is 69.7 Å². The first-order valence-electron chi connectivity index (χ1n) is 12.2. The van der Waals surface area contributed by atoms with Gasteiger partial charge < -0.3 is 20.1 Å². The zero-order chi connectivity index (χ0) is 25.0. The predicted molar refractivity (Wildman–Crippen MR) is 133 cm³/mol. The summed E-state index contributed by atoms with van der Waals surface area (Å²) in [6, 6.07) is 13.6. The topological polar surface area (TPSA) is 69.9 Å². The van der Waals surface area contributed by atoms with Crippen molar-refractivity contribution in [2.45, 2.75) is 80.2 Å². The lowest BCUT2D eigenvalue weighted by Gasteiger charge is -2.40. The second-order valence-corrected chi connectivity index (χ2v) is 12.0. The summed E-state index contributed by atoms with van der Waals surface area (Å²) in [5.41, 5.74) is 3.01. The molecule has 1 aliphatic heterocycles. The smallest absolute Gasteiger partial charge is 0.248 e. The zero-order valence-corrected chi connectivity index (χ0v) is 21.1. The third kappa shape index (κ3) is 4.88. The fourth-order valence-electron chi connectivity index (χ4n) is 5.83. The van der Waals surface area contributed by atoms with Crippen molar-refractivity contribution < 1.29 is 28.8 Å². The number of thioether (sulfide) groups is 1. The van der Waals surface area contributed by atoms with Crippen molar-refractivity contribution in [3.8, 4) is 0 Å². The third-order valence-corrected chi connectivity index (χ3v) is 9.36. The molecule has 0 radical (unpaired) electrons. The van der Waals surface area contributed by atoms with Crippen LogP contribution in [0.3, 0.4) is 0 Å². The summed E-state index contributed by atoms with van der Waals surface area (Å²) in [6.45, 7) is 1.94. The molecule has 0 unspecified atom stereocenters. The quantitative estimate of drug-likeness (QED) is 0.482. The molecule has 2 aromatic rings. The SMILES string of the molecule is CCS[C@H]1O[C@@H](c2ccc(Cl)c(Cc3ccc([C@@]45CCC(F)(F)C[C@@H]4C5)cc3)c2)[C@H](O)[C@@H](O)[C@@H]1O. The highest BCUT2D eigenvalue weighted by atomic mass is 35.5. The van der Waals surface area contributed by atoms with Crippen LogP contribution in [-0.2, 0) is 16.6 Å². The highest BCUT2D eigenvalue weighted by Crippen LogP contribution is 2.65. The molecule has 1 saturated heterocycles. The van der Waals surface area contributed by atoms with Crippen LogP contribution in [0.25, 0.3) is 0 Å². The van der Waals surface area contributed by atoms with Crippen LogP contribution in [-0.4, -0.2) is 50.7 Å². The van der Waals surface area contributed by atoms with E-state index in [-0.39, 0.29) is 24.2 Å². The lowest BCUT2D eigenvalue weighted by Crippen LogP contribution is -2.53. The molecular weight excluding hydrogens is 494 g/mol. The van der Waals surface area contributed by atoms with Crippen LogP contribution in [0, 0.1) is 5.92 Å². The molecule has 4 nitrogen and oxygen atoms in total. The molecule has 2 aromatic carbocycles. The number of aliphatic hydroxyl groups excluding tert-OH is 3. The molecule has 0 aromatic heterocycles. The van der Waals surface area contributed by atoms with Gasteiger partial charge in [-0.3, -0.25) is 0 Å². The number of aliphatic hydroxyl groups is 3. The minimum absolute atomic E-state index is 0.00438. The second kappa shape index (κ2) is 9.58. The summed E-state index contributed by atoms with van der Waals surface area (Å²) in [4.78, 5) is 0. The molecule has 2 saturated carbocycles. The van der Waals surface area contributed by atoms with Gasteiger partial charge >= 0.3 is 0 Å². The summed E-state index contributed by atoms with van der Waals surface area (Å²) in [5.74, 6) is -1.75. The monoisotopic (exact) mass is 524 g/mol. The van der Waals surface area contributed by atoms with Crippen molar-refractivity contribution in [2.75, 3.05) is 5.75 Å². The van der Waals surface area contributed by atoms with Crippen LogP contribution in [0.1, 0.15) is 61.0 Å². The Hall–Kier alpha value is -1.22. The first-order valence-corrected chi connectivity index (χ1v) is 13.6. The Labute approximate surface area is 213 Å². The number of halogens is 3. The van der Waals surface area contributed by atoms with E-state index in [0.29, 0.717) is 29.2 Å². The molecule has 3 fully saturated rings. The maximum Gasteiger partial charge on any atom is 0.248 e. The Balaban J connectivity index is 1.32. The van der Waals surface area contributed by atoms with E-state index < -0.39 is 35.8 Å². The summed E-state index contributed by atoms with van der Waals surface area (Å²) in [6.07, 6.45) is -2.62. The number of fused-ring (bicyclic) bond motifs is 1. The molecule has 5 rings (SSSR count). The fourth-order valence-corrected chi connectivity index (χ4v) is 6.90. The Morgan fingerprint density at radius 2 is 1.74 bits per heavy atom. The summed E-state index contributed by atoms with van der Waals surface area (Å²) in [7, 11) is 0. The Bertz CT molecular complexity index is 1070. The normalized spacial score (nSPS) is 36.0. The van der Waals surface area contributed by atoms with Crippen LogP contribution < -0.4 is 0 Å². The summed E-state index contributed by atoms with van der Waals surface area (Å²) >= 11 is 7.87. The van der Waals surface area contributed by atoms with Gasteiger partial charge in [-0.2, -0.15) is 0 Å². The standard InChI is InChI=1S/C27H31ClF2O4S/c1-2-35-25-23(33)21(31)22(32)24(34-25)16-5-8-20(28)17(12-16)11-15-3-6-18(7-4-15)26-9-10-27(29,30)14-19(26)13-26/h3-8,12,19,21-25,31-33H,2,9-11,13-14H2,1H3/t19-,21+,22+,23-,24-,25+,26-/m0/s1. The average Bonchev–Trinajstić information content (AvgIpc) is 3.55. The van der Waals surface area contributed by atoms with Gasteiger partial charge in [-0.25, -0.2) is 8.78 Å². The van der Waals surface area contributed by atoms with Crippen LogP contribution in [0.15, 0.2) is 42.5 Å². The average molecular weight is 525 g/mol. The van der Waals surface area contributed by atoms with Gasteiger partial charge in [0.1, 0.15) is 29.9 Å². The van der Waals surface area contributed by atoms with E-state index in [9.17, 15) is 24.1 Å². The van der Waals surface area contributed by atoms with E-state index >= 15 is 0 Å². The van der Waals surface area contributed by atoms with Gasteiger partial charge in [0.15, 0.2) is 0 Å². The molecule has 0 spiro atoms. The Morgan fingerprint density at radius 3 is 2.43 bits per heavy atom. The largest absolute Gasteiger partial charge is 0.387 e. The molecule has 0 bridgehead atoms. The lowest BCUT2D eigenvalue weighted by molar-refractivity contribution is -0.200. The van der Waals surface area contributed by atoms with Gasteiger partial charge in [0.05, 0.1) is 0 Å². The minimum atomic E-state index is -2.52. The zero-order valence-electron chi connectivity index (χ0n) is 19.5. The third-order valence-electron chi connectivity index (χ3n) is 7.94. The molecule has 8 heteroatoms. The molecule has 3 aliphatic rings. The van der Waals surface area contributed by atoms with Crippen molar-refractivity contribution in [3.63, 3.8) is 0 Å². The van der Waals surface area contributed by atoms with Gasteiger partial charge in [0.2, 0.25) is 5.92 Å². The minimum Gasteiger partial charge on any atom is -0.387 e. The molecule has 3 N–H and O–H groups in total. The number of alkyl halides is 2. The highest BCUT2D eigenvalue weighted by Gasteiger charge is 2.61. The number of benzene rings is 2. The number of hydrogen-bond acceptors (Lipinski definition) is 5. The van der Waals surface area contributed by atoms with E-state index in [1.807, 2.05) is 25.1 Å². The molecule has 35 heavy (non-hydrogen) atoms. The van der Waals surface area contributed by atoms with Gasteiger partial charge in [-0.15, -0.1) is 11.8 Å². The predicted octanol–water partition coefficient (Wildman–Crippen LogP) is 5.24. The van der Waals surface area contributed by atoms with Crippen LogP contribution >= 0.6 is 23.4 Å². The van der Waals surface area contributed by atoms with Crippen molar-refractivity contribution in [2.24, 2.45) is 5.92 Å². The van der Waals surface area contributed by atoms with E-state index in [2.05, 4.69) is 12.1 Å². The highest BCUT2D eigenvalue weighted by molar-refractivity contribution is 7.99. The molecule has 1 heterocycles. The van der Waals surface area contributed by atoms with Gasteiger partial charge in [-0.05, 0) is 64.7 Å². The Kier molecular flexibility index (Phi) is 6.96. The van der Waals surface area contributed by atoms with E-state index in [1.165, 1.54) is 11.8 Å². The van der Waals surface area contributed by atoms with Gasteiger partial charge in [0.25, 0.3) is 0 Å². The lowest BCUT2D eigenvalue weighted by atomic mass is 9.81. The molecule has 2 aliphatic carbocycles. The van der Waals surface area contributed by atoms with E-state index in [4.69, 9.17) is 16.3 Å². The van der Waals surface area contributed by atoms with Crippen LogP contribution in [0.2, 0.25) is 5.02 Å². The van der Waals surface area contributed by atoms with E-state index in [1.54, 1.807) is 12.1 Å².